The number of aliphatic hydroxyl groups is 3. The molecule has 133 heavy (non-hydrogen) atoms. The maximum Gasteiger partial charge on any atom is 0.312 e. The molecule has 6 unspecified atom stereocenters. The predicted molar refractivity (Wildman–Crippen MR) is 439 cm³/mol. The van der Waals surface area contributed by atoms with E-state index in [4.69, 9.17) is 4.74 Å². The van der Waals surface area contributed by atoms with Gasteiger partial charge in [0, 0.05) is 48.9 Å². The number of benzene rings is 6. The number of para-hydroxylation sites is 3. The number of nitrogens with one attached hydrogen (secondary N) is 10. The van der Waals surface area contributed by atoms with Crippen LogP contribution in [-0.4, -0.2) is 204 Å². The maximum absolute atomic E-state index is 14.7. The van der Waals surface area contributed by atoms with Gasteiger partial charge in [-0.1, -0.05) is 105 Å². The highest BCUT2D eigenvalue weighted by molar-refractivity contribution is 6.02. The number of esters is 1. The summed E-state index contributed by atoms with van der Waals surface area (Å²) < 4.78 is 218. The van der Waals surface area contributed by atoms with Gasteiger partial charge < -0.3 is 93.4 Å². The molecule has 0 spiro atoms. The van der Waals surface area contributed by atoms with Crippen LogP contribution in [0.2, 0.25) is 0 Å². The van der Waals surface area contributed by atoms with Crippen molar-refractivity contribution in [2.75, 3.05) is 7.05 Å². The van der Waals surface area contributed by atoms with Gasteiger partial charge in [-0.25, -0.2) is 65.9 Å². The van der Waals surface area contributed by atoms with Gasteiger partial charge in [0.1, 0.15) is 47.5 Å². The highest BCUT2D eigenvalue weighted by Crippen LogP contribution is 2.33. The van der Waals surface area contributed by atoms with Gasteiger partial charge in [-0.2, -0.15) is 0 Å². The number of phenolic OH excluding ortho intramolecular Hbond substituents is 3. The molecule has 21 atom stereocenters. The van der Waals surface area contributed by atoms with Gasteiger partial charge in [0.15, 0.2) is 75.9 Å². The van der Waals surface area contributed by atoms with Crippen molar-refractivity contribution in [3.8, 4) is 17.2 Å². The van der Waals surface area contributed by atoms with Crippen LogP contribution < -0.4 is 53.2 Å². The van der Waals surface area contributed by atoms with Crippen LogP contribution in [0.4, 0.5) is 65.9 Å². The number of aromatic hydroxyl groups is 3. The van der Waals surface area contributed by atoms with Crippen LogP contribution in [0.5, 0.6) is 17.2 Å². The molecular weight excluding hydrogens is 1800 g/mol. The van der Waals surface area contributed by atoms with E-state index in [-0.39, 0.29) is 16.7 Å². The van der Waals surface area contributed by atoms with Crippen molar-refractivity contribution in [3.63, 3.8) is 0 Å². The number of nitrogens with zero attached hydrogens (tertiary/aromatic N) is 1. The largest absolute Gasteiger partial charge is 0.507 e. The number of amides is 11. The zero-order valence-electron chi connectivity index (χ0n) is 73.4. The van der Waals surface area contributed by atoms with Crippen molar-refractivity contribution < 1.29 is 159 Å². The third kappa shape index (κ3) is 24.6. The topological polar surface area (TPSA) is 459 Å². The van der Waals surface area contributed by atoms with Gasteiger partial charge in [0.25, 0.3) is 23.6 Å². The number of halogens is 15. The molecule has 726 valence electrons. The fourth-order valence-electron chi connectivity index (χ4n) is 14.7. The van der Waals surface area contributed by atoms with E-state index in [0.29, 0.717) is 19.3 Å². The standard InChI is InChI=1S/C30H35F5N4O6.C29H33F5N4O6.C29H32F5N3O7/c1-6-12(2)25-29(44)36-14(4)24(38-27(42)15-9-7-8-10-18(15)40)28(43)37-17(26(41)13(3)30(45)39(25)5)11-16-19(31)21(33)23(35)22(34)20(16)32;1-5-11(2)23-28(43)35-13(4)24(38-27(42)14-8-6-7-9-17(14)39)29(44)36-16(25(40)12(3)26(41)37-23)10-15-18(30)20(32)22(34)21(33)19(15)31;1-5-11(2)25-28(42)35-13(4)23(37-26(40)14-8-6-7-9-17(14)38)27(41)36-16(24(39)12(3)29(43)44-25)10-15-18(30)20(32)22(34)21(33)19(15)31/h7-10,12-14,17,24-26,40-41H,6,11H2,1-5H3,(H,36,44)(H,37,43)(H,38,42);6-9,11-13,16,23-25,39-40H,5,10H2,1-4H3,(H,35,43)(H,36,44)(H,37,41)(H,38,42);6-9,11-13,16,23-25,38-39H,5,10H2,1-4H3,(H,35,42)(H,36,41)(H,37,40)/t12?,13-,14-,17+,24+,25?,26+;11?,12-,13-,16+,23?,24+,25+;11?,12-,13-,16+,23+,24+,25?/m111/s1. The van der Waals surface area contributed by atoms with Crippen LogP contribution in [0.1, 0.15) is 150 Å². The number of likely N-dealkylation sites (N-methyl/N-ethyl adjacent to an activating group) is 1. The Morgan fingerprint density at radius 1 is 0.361 bits per heavy atom. The average molecular weight is 1900 g/mol. The fraction of sp³-hybridized carbons (Fsp3) is 0.455. The number of hydrogen-bond acceptors (Lipinski definition) is 19. The van der Waals surface area contributed by atoms with E-state index in [1.54, 1.807) is 41.5 Å². The van der Waals surface area contributed by atoms with E-state index >= 15 is 0 Å². The summed E-state index contributed by atoms with van der Waals surface area (Å²) in [4.78, 5) is 161. The van der Waals surface area contributed by atoms with Gasteiger partial charge >= 0.3 is 5.97 Å². The lowest BCUT2D eigenvalue weighted by Crippen LogP contribution is -2.64. The Labute approximate surface area is 750 Å². The molecule has 3 aliphatic heterocycles. The quantitative estimate of drug-likeness (QED) is 0.0185. The monoisotopic (exact) mass is 1900 g/mol. The van der Waals surface area contributed by atoms with E-state index in [2.05, 4.69) is 53.2 Å². The molecule has 45 heteroatoms. The highest BCUT2D eigenvalue weighted by atomic mass is 19.2. The molecule has 3 fully saturated rings. The number of ether oxygens (including phenoxy) is 1. The van der Waals surface area contributed by atoms with E-state index < -0.39 is 338 Å². The molecule has 0 bridgehead atoms. The van der Waals surface area contributed by atoms with Gasteiger partial charge in [-0.15, -0.1) is 0 Å². The van der Waals surface area contributed by atoms with Gasteiger partial charge in [0.2, 0.25) is 58.8 Å². The Balaban J connectivity index is 0.000000272. The van der Waals surface area contributed by atoms with E-state index in [9.17, 15) is 154 Å². The summed E-state index contributed by atoms with van der Waals surface area (Å²) in [6, 6.07) is -0.712. The number of carbonyl (C=O) groups excluding carboxylic acids is 12. The van der Waals surface area contributed by atoms with Crippen molar-refractivity contribution in [1.82, 2.24) is 58.1 Å². The van der Waals surface area contributed by atoms with Crippen LogP contribution in [-0.2, 0) is 67.2 Å². The second-order valence-electron chi connectivity index (χ2n) is 32.6. The molecule has 30 nitrogen and oxygen atoms in total. The summed E-state index contributed by atoms with van der Waals surface area (Å²) in [7, 11) is 1.30. The first-order chi connectivity index (χ1) is 62.2. The molecule has 6 aromatic rings. The van der Waals surface area contributed by atoms with E-state index in [1.807, 2.05) is 0 Å². The zero-order chi connectivity index (χ0) is 100.0. The van der Waals surface area contributed by atoms with Crippen LogP contribution in [0, 0.1) is 123 Å². The van der Waals surface area contributed by atoms with Crippen LogP contribution >= 0.6 is 0 Å². The lowest BCUT2D eigenvalue weighted by Gasteiger charge is -2.38. The summed E-state index contributed by atoms with van der Waals surface area (Å²) in [5.41, 5.74) is -4.86. The molecule has 3 heterocycles. The molecule has 16 N–H and O–H groups in total. The van der Waals surface area contributed by atoms with Crippen molar-refractivity contribution in [2.24, 2.45) is 35.5 Å². The Morgan fingerprint density at radius 2 is 0.639 bits per heavy atom. The minimum Gasteiger partial charge on any atom is -0.507 e. The first kappa shape index (κ1) is 107. The molecular formula is C88H100F15N11O19. The third-order valence-electron chi connectivity index (χ3n) is 23.5. The molecule has 3 saturated heterocycles. The van der Waals surface area contributed by atoms with Crippen molar-refractivity contribution >= 4 is 70.9 Å². The second kappa shape index (κ2) is 46.0. The summed E-state index contributed by atoms with van der Waals surface area (Å²) in [5, 5.41) is 87.8. The Bertz CT molecular complexity index is 5080. The lowest BCUT2D eigenvalue weighted by atomic mass is 9.89. The lowest BCUT2D eigenvalue weighted by molar-refractivity contribution is -0.167. The molecule has 9 rings (SSSR count). The van der Waals surface area contributed by atoms with Gasteiger partial charge in [-0.05, 0) is 82.3 Å². The summed E-state index contributed by atoms with van der Waals surface area (Å²) >= 11 is 0. The van der Waals surface area contributed by atoms with Crippen LogP contribution in [0.15, 0.2) is 72.8 Å². The van der Waals surface area contributed by atoms with Crippen molar-refractivity contribution in [2.45, 2.75) is 212 Å². The molecule has 0 radical (unpaired) electrons. The molecule has 0 saturated carbocycles. The average Bonchev–Trinajstić information content (AvgIpc) is 0.782. The third-order valence-corrected chi connectivity index (χ3v) is 23.5. The summed E-state index contributed by atoms with van der Waals surface area (Å²) in [6.45, 7) is 17.6. The predicted octanol–water partition coefficient (Wildman–Crippen LogP) is 6.65. The normalized spacial score (nSPS) is 25.5. The number of cyclic esters (lactones) is 1. The minimum atomic E-state index is -2.42. The Kier molecular flexibility index (Phi) is 37.1. The molecule has 6 aromatic carbocycles. The van der Waals surface area contributed by atoms with Crippen molar-refractivity contribution in [1.29, 1.82) is 0 Å². The Hall–Kier alpha value is -12.8. The Morgan fingerprint density at radius 3 is 0.947 bits per heavy atom. The summed E-state index contributed by atoms with van der Waals surface area (Å²) in [5.74, 6) is -52.8. The molecule has 0 aromatic heterocycles. The van der Waals surface area contributed by atoms with Gasteiger partial charge in [0.05, 0.1) is 89.0 Å². The number of carbonyl (C=O) groups is 12. The number of phenols is 3. The van der Waals surface area contributed by atoms with E-state index in [0.717, 1.165) is 11.8 Å². The molecule has 3 aliphatic rings. The van der Waals surface area contributed by atoms with E-state index in [1.165, 1.54) is 114 Å². The van der Waals surface area contributed by atoms with Crippen LogP contribution in [0.3, 0.4) is 0 Å². The zero-order valence-corrected chi connectivity index (χ0v) is 73.4. The molecule has 0 aliphatic carbocycles. The highest BCUT2D eigenvalue weighted by Gasteiger charge is 2.47. The first-order valence-corrected chi connectivity index (χ1v) is 41.6. The minimum absolute atomic E-state index is 0.246. The maximum atomic E-state index is 14.7. The van der Waals surface area contributed by atoms with Crippen molar-refractivity contribution in [3.05, 3.63) is 193 Å². The van der Waals surface area contributed by atoms with Gasteiger partial charge in [-0.3, -0.25) is 57.5 Å². The SMILES string of the molecule is CCC(C)C1C(=O)N[C@H](C)[C@H](NC(=O)c2ccccc2O)C(=O)N[C@@H](Cc2c(F)c(F)c(F)c(F)c2F)[C@@H](O)[C@@H](C)C(=O)N1C.CCC(C)C1NC(=O)[C@H](C)[C@H](O)[C@H](Cc2c(F)c(F)c(F)c(F)c2F)NC(=O)[C@@H](NC(=O)c2ccccc2O)[C@@H](C)NC1=O.CCC(C)C1OC(=O)[C@H](C)[C@H](O)[C@H](Cc2c(F)c(F)c(F)c(F)c2F)NC(=O)[C@@H](NC(=O)c2ccccc2O)[C@@H](C)NC1=O. The summed E-state index contributed by atoms with van der Waals surface area (Å²) in [6.07, 6.45) is -9.80. The van der Waals surface area contributed by atoms with Crippen LogP contribution in [0.25, 0.3) is 0 Å². The number of aliphatic hydroxyl groups excluding tert-OH is 3. The number of hydrogen-bond donors (Lipinski definition) is 16. The first-order valence-electron chi connectivity index (χ1n) is 41.6. The number of rotatable bonds is 18. The smallest absolute Gasteiger partial charge is 0.312 e. The fourth-order valence-corrected chi connectivity index (χ4v) is 14.7. The second-order valence-corrected chi connectivity index (χ2v) is 32.6. The molecule has 11 amide bonds.